The zero-order valence-corrected chi connectivity index (χ0v) is 16.2. The summed E-state index contributed by atoms with van der Waals surface area (Å²) in [5.41, 5.74) is 3.45. The lowest BCUT2D eigenvalue weighted by Crippen LogP contribution is -1.99. The fraction of sp³-hybridized carbons (Fsp3) is 0.150. The maximum absolute atomic E-state index is 6.33. The van der Waals surface area contributed by atoms with Crippen LogP contribution in [0, 0.1) is 13.8 Å². The van der Waals surface area contributed by atoms with Gasteiger partial charge in [0, 0.05) is 16.6 Å². The van der Waals surface area contributed by atoms with Crippen LogP contribution in [0.5, 0.6) is 5.75 Å². The molecule has 0 amide bonds. The van der Waals surface area contributed by atoms with Crippen molar-refractivity contribution in [2.24, 2.45) is 0 Å². The number of pyridine rings is 1. The summed E-state index contributed by atoms with van der Waals surface area (Å²) in [7, 11) is 0. The molecular weight excluding hydrogens is 385 g/mol. The van der Waals surface area contributed by atoms with Gasteiger partial charge < -0.3 is 9.15 Å². The van der Waals surface area contributed by atoms with E-state index in [1.165, 1.54) is 0 Å². The van der Waals surface area contributed by atoms with Gasteiger partial charge >= 0.3 is 0 Å². The maximum Gasteiger partial charge on any atom is 0.254 e. The Kier molecular flexibility index (Phi) is 4.72. The van der Waals surface area contributed by atoms with Gasteiger partial charge in [-0.3, -0.25) is 0 Å². The first-order valence-corrected chi connectivity index (χ1v) is 9.04. The Hall–Kier alpha value is -2.63. The van der Waals surface area contributed by atoms with E-state index >= 15 is 0 Å². The number of fused-ring (bicyclic) bond motifs is 1. The van der Waals surface area contributed by atoms with Crippen LogP contribution in [0.2, 0.25) is 10.0 Å². The smallest absolute Gasteiger partial charge is 0.254 e. The molecule has 4 rings (SSSR count). The molecule has 0 bridgehead atoms. The zero-order valence-electron chi connectivity index (χ0n) is 14.7. The molecule has 0 radical (unpaired) electrons. The van der Waals surface area contributed by atoms with E-state index in [2.05, 4.69) is 15.2 Å². The minimum atomic E-state index is 0.0743. The molecule has 5 nitrogen and oxygen atoms in total. The molecule has 0 aliphatic carbocycles. The average Bonchev–Trinajstić information content (AvgIpc) is 3.11. The number of aryl methyl sites for hydroxylation is 2. The molecule has 27 heavy (non-hydrogen) atoms. The molecule has 0 atom stereocenters. The number of rotatable bonds is 4. The van der Waals surface area contributed by atoms with E-state index in [0.29, 0.717) is 33.1 Å². The number of benzene rings is 2. The summed E-state index contributed by atoms with van der Waals surface area (Å²) >= 11 is 12.6. The quantitative estimate of drug-likeness (QED) is 0.434. The molecular formula is C20H15Cl2N3O2. The van der Waals surface area contributed by atoms with Crippen molar-refractivity contribution >= 4 is 34.1 Å². The Labute approximate surface area is 165 Å². The highest BCUT2D eigenvalue weighted by Crippen LogP contribution is 2.37. The average molecular weight is 400 g/mol. The van der Waals surface area contributed by atoms with Crippen molar-refractivity contribution in [3.63, 3.8) is 0 Å². The molecule has 2 heterocycles. The minimum absolute atomic E-state index is 0.0743. The van der Waals surface area contributed by atoms with Gasteiger partial charge in [0.25, 0.3) is 5.89 Å². The second-order valence-electron chi connectivity index (χ2n) is 6.17. The first-order valence-electron chi connectivity index (χ1n) is 8.29. The molecule has 7 heteroatoms. The van der Waals surface area contributed by atoms with Gasteiger partial charge in [-0.15, -0.1) is 10.2 Å². The van der Waals surface area contributed by atoms with Crippen molar-refractivity contribution in [1.82, 2.24) is 15.2 Å². The van der Waals surface area contributed by atoms with Gasteiger partial charge in [0.15, 0.2) is 12.4 Å². The Morgan fingerprint density at radius 2 is 1.74 bits per heavy atom. The topological polar surface area (TPSA) is 61.0 Å². The van der Waals surface area contributed by atoms with Crippen LogP contribution in [0.4, 0.5) is 0 Å². The highest BCUT2D eigenvalue weighted by molar-refractivity contribution is 6.39. The van der Waals surface area contributed by atoms with Gasteiger partial charge in [-0.2, -0.15) is 0 Å². The molecule has 0 N–H and O–H groups in total. The molecule has 2 aromatic carbocycles. The Morgan fingerprint density at radius 3 is 2.52 bits per heavy atom. The minimum Gasteiger partial charge on any atom is -0.480 e. The molecule has 0 aliphatic rings. The van der Waals surface area contributed by atoms with Gasteiger partial charge in [-0.1, -0.05) is 40.9 Å². The largest absolute Gasteiger partial charge is 0.480 e. The maximum atomic E-state index is 6.33. The molecule has 0 aliphatic heterocycles. The lowest BCUT2D eigenvalue weighted by atomic mass is 10.1. The van der Waals surface area contributed by atoms with Gasteiger partial charge in [0.05, 0.1) is 10.0 Å². The van der Waals surface area contributed by atoms with E-state index in [0.717, 1.165) is 22.2 Å². The van der Waals surface area contributed by atoms with Crippen LogP contribution in [0.3, 0.4) is 0 Å². The third-order valence-electron chi connectivity index (χ3n) is 4.08. The van der Waals surface area contributed by atoms with Crippen LogP contribution in [-0.2, 0) is 6.61 Å². The summed E-state index contributed by atoms with van der Waals surface area (Å²) in [6.07, 6.45) is 0. The van der Waals surface area contributed by atoms with Crippen LogP contribution in [0.25, 0.3) is 22.4 Å². The second-order valence-corrected chi connectivity index (χ2v) is 6.99. The van der Waals surface area contributed by atoms with E-state index in [1.807, 2.05) is 50.2 Å². The highest BCUT2D eigenvalue weighted by Gasteiger charge is 2.15. The number of halogens is 2. The standard InChI is InChI=1S/C20H15Cl2N3O2/c1-11-3-6-13(7-4-11)20-25-24-17(27-20)10-26-19-16(22)9-15(21)14-8-5-12(2)23-18(14)19/h3-9H,10H2,1-2H3. The van der Waals surface area contributed by atoms with E-state index < -0.39 is 0 Å². The Morgan fingerprint density at radius 1 is 0.963 bits per heavy atom. The predicted octanol–water partition coefficient (Wildman–Crippen LogP) is 5.79. The molecule has 2 aromatic heterocycles. The van der Waals surface area contributed by atoms with Crippen LogP contribution >= 0.6 is 23.2 Å². The number of hydrogen-bond donors (Lipinski definition) is 0. The first-order chi connectivity index (χ1) is 13.0. The van der Waals surface area contributed by atoms with E-state index in [-0.39, 0.29) is 6.61 Å². The summed E-state index contributed by atoms with van der Waals surface area (Å²) in [6.45, 7) is 3.99. The van der Waals surface area contributed by atoms with Crippen LogP contribution < -0.4 is 4.74 Å². The lowest BCUT2D eigenvalue weighted by molar-refractivity contribution is 0.267. The van der Waals surface area contributed by atoms with Gasteiger partial charge in [0.2, 0.25) is 5.89 Å². The molecule has 136 valence electrons. The second kappa shape index (κ2) is 7.18. The fourth-order valence-electron chi connectivity index (χ4n) is 2.69. The van der Waals surface area contributed by atoms with E-state index in [4.69, 9.17) is 32.4 Å². The summed E-state index contributed by atoms with van der Waals surface area (Å²) in [6, 6.07) is 13.3. The number of ether oxygens (including phenoxy) is 1. The summed E-state index contributed by atoms with van der Waals surface area (Å²) in [5, 5.41) is 9.79. The van der Waals surface area contributed by atoms with Crippen LogP contribution in [-0.4, -0.2) is 15.2 Å². The highest BCUT2D eigenvalue weighted by atomic mass is 35.5. The van der Waals surface area contributed by atoms with Crippen molar-refractivity contribution in [1.29, 1.82) is 0 Å². The molecule has 0 saturated carbocycles. The van der Waals surface area contributed by atoms with Crippen molar-refractivity contribution in [2.45, 2.75) is 20.5 Å². The monoisotopic (exact) mass is 399 g/mol. The molecule has 0 unspecified atom stereocenters. The molecule has 4 aromatic rings. The third kappa shape index (κ3) is 3.61. The Bertz CT molecular complexity index is 1120. The van der Waals surface area contributed by atoms with Crippen molar-refractivity contribution < 1.29 is 9.15 Å². The number of nitrogens with zero attached hydrogens (tertiary/aromatic N) is 3. The fourth-order valence-corrected chi connectivity index (χ4v) is 3.26. The van der Waals surface area contributed by atoms with Crippen LogP contribution in [0.1, 0.15) is 17.1 Å². The van der Waals surface area contributed by atoms with Crippen molar-refractivity contribution in [3.8, 4) is 17.2 Å². The van der Waals surface area contributed by atoms with Crippen LogP contribution in [0.15, 0.2) is 46.9 Å². The zero-order chi connectivity index (χ0) is 19.0. The van der Waals surface area contributed by atoms with Gasteiger partial charge in [-0.25, -0.2) is 4.98 Å². The summed E-state index contributed by atoms with van der Waals surface area (Å²) in [5.74, 6) is 1.22. The SMILES string of the molecule is Cc1ccc(-c2nnc(COc3c(Cl)cc(Cl)c4ccc(C)nc34)o2)cc1. The lowest BCUT2D eigenvalue weighted by Gasteiger charge is -2.11. The molecule has 0 fully saturated rings. The third-order valence-corrected chi connectivity index (χ3v) is 4.68. The van der Waals surface area contributed by atoms with E-state index in [1.54, 1.807) is 6.07 Å². The molecule has 0 saturated heterocycles. The normalized spacial score (nSPS) is 11.1. The van der Waals surface area contributed by atoms with Gasteiger partial charge in [-0.05, 0) is 44.2 Å². The first kappa shape index (κ1) is 17.8. The Balaban J connectivity index is 1.61. The summed E-state index contributed by atoms with van der Waals surface area (Å²) in [4.78, 5) is 4.51. The summed E-state index contributed by atoms with van der Waals surface area (Å²) < 4.78 is 11.6. The van der Waals surface area contributed by atoms with Crippen molar-refractivity contribution in [3.05, 3.63) is 69.7 Å². The van der Waals surface area contributed by atoms with Crippen molar-refractivity contribution in [2.75, 3.05) is 0 Å². The van der Waals surface area contributed by atoms with Gasteiger partial charge in [0.1, 0.15) is 5.52 Å². The number of hydrogen-bond acceptors (Lipinski definition) is 5. The predicted molar refractivity (Wildman–Crippen MR) is 105 cm³/mol. The number of aromatic nitrogens is 3. The van der Waals surface area contributed by atoms with E-state index in [9.17, 15) is 0 Å². The molecule has 0 spiro atoms.